The molecule has 0 atom stereocenters. The Kier molecular flexibility index (Phi) is 10.0. The highest BCUT2D eigenvalue weighted by Gasteiger charge is 2.09. The highest BCUT2D eigenvalue weighted by molar-refractivity contribution is 14.0. The number of likely N-dealkylation sites (N-methyl/N-ethyl adjacent to an activating group) is 1. The highest BCUT2D eigenvalue weighted by atomic mass is 127. The Balaban J connectivity index is 0.00000364. The largest absolute Gasteiger partial charge is 0.492 e. The molecule has 1 aromatic carbocycles. The van der Waals surface area contributed by atoms with E-state index in [2.05, 4.69) is 10.3 Å². The summed E-state index contributed by atoms with van der Waals surface area (Å²) < 4.78 is 11.0. The molecule has 1 heterocycles. The summed E-state index contributed by atoms with van der Waals surface area (Å²) in [5.41, 5.74) is 5.18. The van der Waals surface area contributed by atoms with Crippen LogP contribution in [0.3, 0.4) is 0 Å². The smallest absolute Gasteiger partial charge is 0.284 e. The van der Waals surface area contributed by atoms with Crippen molar-refractivity contribution in [3.05, 3.63) is 52.9 Å². The lowest BCUT2D eigenvalue weighted by Crippen LogP contribution is -2.40. The van der Waals surface area contributed by atoms with Crippen molar-refractivity contribution in [2.75, 3.05) is 26.7 Å². The number of carbonyl (C=O) groups is 1. The van der Waals surface area contributed by atoms with Gasteiger partial charge in [0.2, 0.25) is 0 Å². The molecule has 0 radical (unpaired) electrons. The van der Waals surface area contributed by atoms with E-state index in [9.17, 15) is 4.79 Å². The second-order valence-electron chi connectivity index (χ2n) is 5.52. The van der Waals surface area contributed by atoms with Gasteiger partial charge in [0.15, 0.2) is 11.7 Å². The molecule has 1 aromatic heterocycles. The van der Waals surface area contributed by atoms with Crippen LogP contribution in [-0.2, 0) is 6.54 Å². The van der Waals surface area contributed by atoms with E-state index in [0.717, 1.165) is 12.3 Å². The Morgan fingerprint density at radius 3 is 2.59 bits per heavy atom. The van der Waals surface area contributed by atoms with Crippen LogP contribution in [0.4, 0.5) is 0 Å². The van der Waals surface area contributed by atoms with E-state index in [1.165, 1.54) is 0 Å². The molecule has 27 heavy (non-hydrogen) atoms. The minimum absolute atomic E-state index is 0. The fourth-order valence-corrected chi connectivity index (χ4v) is 2.28. The van der Waals surface area contributed by atoms with Crippen molar-refractivity contribution in [2.45, 2.75) is 13.5 Å². The number of rotatable bonds is 8. The summed E-state index contributed by atoms with van der Waals surface area (Å²) in [6.07, 6.45) is 0. The van der Waals surface area contributed by atoms with Gasteiger partial charge in [-0.1, -0.05) is 11.6 Å². The molecule has 0 saturated heterocycles. The normalized spacial score (nSPS) is 10.9. The molecule has 0 unspecified atom stereocenters. The van der Waals surface area contributed by atoms with Crippen LogP contribution in [-0.4, -0.2) is 43.5 Å². The molecule has 0 aliphatic carbocycles. The van der Waals surface area contributed by atoms with E-state index in [0.29, 0.717) is 36.4 Å². The summed E-state index contributed by atoms with van der Waals surface area (Å²) in [5, 5.41) is 3.88. The van der Waals surface area contributed by atoms with Crippen molar-refractivity contribution >= 4 is 47.4 Å². The zero-order valence-electron chi connectivity index (χ0n) is 15.3. The van der Waals surface area contributed by atoms with E-state index in [1.807, 2.05) is 31.0 Å². The van der Waals surface area contributed by atoms with E-state index in [-0.39, 0.29) is 29.7 Å². The number of hydrogen-bond donors (Lipinski definition) is 2. The van der Waals surface area contributed by atoms with Crippen LogP contribution in [0.15, 0.2) is 45.8 Å². The van der Waals surface area contributed by atoms with Gasteiger partial charge in [0.1, 0.15) is 24.7 Å². The van der Waals surface area contributed by atoms with Crippen LogP contribution in [0.2, 0.25) is 5.02 Å². The standard InChI is InChI=1S/C18H23ClN4O3.HI/c1-3-21-18(22-12-15-8-9-16(26-15)17(20)24)23(2)10-11-25-14-6-4-13(19)5-7-14;/h4-9H,3,10-12H2,1-2H3,(H2,20,24)(H,21,22);1H. The Morgan fingerprint density at radius 2 is 2.00 bits per heavy atom. The van der Waals surface area contributed by atoms with Crippen LogP contribution >= 0.6 is 35.6 Å². The van der Waals surface area contributed by atoms with E-state index in [4.69, 9.17) is 26.5 Å². The number of guanidine groups is 1. The molecule has 148 valence electrons. The van der Waals surface area contributed by atoms with Crippen molar-refractivity contribution in [1.82, 2.24) is 10.2 Å². The second-order valence-corrected chi connectivity index (χ2v) is 5.96. The van der Waals surface area contributed by atoms with Crippen LogP contribution in [0.25, 0.3) is 0 Å². The van der Waals surface area contributed by atoms with Crippen molar-refractivity contribution < 1.29 is 13.9 Å². The summed E-state index contributed by atoms with van der Waals surface area (Å²) in [6, 6.07) is 10.5. The topological polar surface area (TPSA) is 93.1 Å². The Morgan fingerprint density at radius 1 is 1.30 bits per heavy atom. The van der Waals surface area contributed by atoms with Crippen molar-refractivity contribution in [3.8, 4) is 5.75 Å². The number of ether oxygens (including phenoxy) is 1. The molecule has 7 nitrogen and oxygen atoms in total. The Hall–Kier alpha value is -1.94. The van der Waals surface area contributed by atoms with Crippen LogP contribution in [0.5, 0.6) is 5.75 Å². The third-order valence-corrected chi connectivity index (χ3v) is 3.75. The molecule has 0 bridgehead atoms. The second kappa shape index (κ2) is 11.7. The number of benzene rings is 1. The van der Waals surface area contributed by atoms with Crippen molar-refractivity contribution in [1.29, 1.82) is 0 Å². The SMILES string of the molecule is CCNC(=NCc1ccc(C(N)=O)o1)N(C)CCOc1ccc(Cl)cc1.I. The lowest BCUT2D eigenvalue weighted by molar-refractivity contribution is 0.0972. The third-order valence-electron chi connectivity index (χ3n) is 3.49. The van der Waals surface area contributed by atoms with E-state index in [1.54, 1.807) is 24.3 Å². The molecule has 0 spiro atoms. The van der Waals surface area contributed by atoms with Crippen molar-refractivity contribution in [3.63, 3.8) is 0 Å². The number of hydrogen-bond acceptors (Lipinski definition) is 4. The molecule has 0 aliphatic rings. The Labute approximate surface area is 180 Å². The van der Waals surface area contributed by atoms with Gasteiger partial charge in [-0.15, -0.1) is 24.0 Å². The first-order chi connectivity index (χ1) is 12.5. The number of nitrogens with two attached hydrogens (primary N) is 1. The number of amides is 1. The zero-order chi connectivity index (χ0) is 18.9. The summed E-state index contributed by atoms with van der Waals surface area (Å²) >= 11 is 5.86. The van der Waals surface area contributed by atoms with Gasteiger partial charge in [-0.05, 0) is 43.3 Å². The monoisotopic (exact) mass is 506 g/mol. The van der Waals surface area contributed by atoms with E-state index >= 15 is 0 Å². The maximum absolute atomic E-state index is 11.1. The summed E-state index contributed by atoms with van der Waals surface area (Å²) in [7, 11) is 1.92. The molecule has 3 N–H and O–H groups in total. The lowest BCUT2D eigenvalue weighted by Gasteiger charge is -2.22. The summed E-state index contributed by atoms with van der Waals surface area (Å²) in [4.78, 5) is 17.5. The molecule has 2 aromatic rings. The minimum Gasteiger partial charge on any atom is -0.492 e. The quantitative estimate of drug-likeness (QED) is 0.326. The molecule has 2 rings (SSSR count). The van der Waals surface area contributed by atoms with Gasteiger partial charge < -0.3 is 25.1 Å². The number of nitrogens with one attached hydrogen (secondary N) is 1. The first-order valence-electron chi connectivity index (χ1n) is 8.26. The maximum atomic E-state index is 11.1. The summed E-state index contributed by atoms with van der Waals surface area (Å²) in [6.45, 7) is 4.16. The van der Waals surface area contributed by atoms with Gasteiger partial charge in [-0.2, -0.15) is 0 Å². The van der Waals surface area contributed by atoms with Gasteiger partial charge in [0.05, 0.1) is 6.54 Å². The van der Waals surface area contributed by atoms with Gasteiger partial charge in [0.25, 0.3) is 5.91 Å². The average molecular weight is 507 g/mol. The number of furan rings is 1. The van der Waals surface area contributed by atoms with Gasteiger partial charge >= 0.3 is 0 Å². The van der Waals surface area contributed by atoms with Gasteiger partial charge in [0, 0.05) is 18.6 Å². The average Bonchev–Trinajstić information content (AvgIpc) is 3.09. The van der Waals surface area contributed by atoms with Gasteiger partial charge in [-0.25, -0.2) is 4.99 Å². The first kappa shape index (κ1) is 23.1. The number of nitrogens with zero attached hydrogens (tertiary/aromatic N) is 2. The number of primary amides is 1. The minimum atomic E-state index is -0.594. The van der Waals surface area contributed by atoms with Crippen LogP contribution < -0.4 is 15.8 Å². The predicted octanol–water partition coefficient (Wildman–Crippen LogP) is 3.13. The highest BCUT2D eigenvalue weighted by Crippen LogP contribution is 2.15. The predicted molar refractivity (Wildman–Crippen MR) is 117 cm³/mol. The summed E-state index contributed by atoms with van der Waals surface area (Å²) in [5.74, 6) is 1.58. The maximum Gasteiger partial charge on any atom is 0.284 e. The molecule has 0 aliphatic heterocycles. The number of halogens is 2. The molecule has 1 amide bonds. The molecule has 9 heteroatoms. The third kappa shape index (κ3) is 7.67. The lowest BCUT2D eigenvalue weighted by atomic mass is 10.3. The van der Waals surface area contributed by atoms with Crippen LogP contribution in [0, 0.1) is 0 Å². The Bertz CT molecular complexity index is 749. The van der Waals surface area contributed by atoms with Gasteiger partial charge in [-0.3, -0.25) is 4.79 Å². The fourth-order valence-electron chi connectivity index (χ4n) is 2.15. The van der Waals surface area contributed by atoms with Crippen LogP contribution in [0.1, 0.15) is 23.2 Å². The fraction of sp³-hybridized carbons (Fsp3) is 0.333. The molecular weight excluding hydrogens is 483 g/mol. The molecule has 0 saturated carbocycles. The molecular formula is C18H24ClIN4O3. The molecule has 0 fully saturated rings. The van der Waals surface area contributed by atoms with Crippen molar-refractivity contribution in [2.24, 2.45) is 10.7 Å². The zero-order valence-corrected chi connectivity index (χ0v) is 18.4. The number of aliphatic imine (C=N–C) groups is 1. The van der Waals surface area contributed by atoms with E-state index < -0.39 is 5.91 Å². The number of carbonyl (C=O) groups excluding carboxylic acids is 1. The first-order valence-corrected chi connectivity index (χ1v) is 8.63.